The normalized spacial score (nSPS) is 12.3. The third kappa shape index (κ3) is 4.49. The number of amides is 4. The quantitative estimate of drug-likeness (QED) is 0.540. The molecule has 4 rings (SSSR count). The lowest BCUT2D eigenvalue weighted by molar-refractivity contribution is 0.0879. The van der Waals surface area contributed by atoms with Crippen molar-refractivity contribution in [2.24, 2.45) is 0 Å². The van der Waals surface area contributed by atoms with E-state index in [-0.39, 0.29) is 11.4 Å². The predicted octanol–water partition coefficient (Wildman–Crippen LogP) is 4.18. The Labute approximate surface area is 175 Å². The van der Waals surface area contributed by atoms with Gasteiger partial charge in [-0.3, -0.25) is 14.9 Å². The van der Waals surface area contributed by atoms with Crippen LogP contribution in [0.3, 0.4) is 0 Å². The van der Waals surface area contributed by atoms with Crippen LogP contribution in [0.25, 0.3) is 0 Å². The topological polar surface area (TPSA) is 87.3 Å². The number of halogens is 1. The number of carbonyl (C=O) groups excluding carboxylic acids is 3. The number of fused-ring (bicyclic) bond motifs is 1. The zero-order valence-corrected chi connectivity index (χ0v) is 16.4. The molecule has 0 fully saturated rings. The molecule has 30 heavy (non-hydrogen) atoms. The Morgan fingerprint density at radius 1 is 0.867 bits per heavy atom. The third-order valence-corrected chi connectivity index (χ3v) is 5.44. The fourth-order valence-electron chi connectivity index (χ4n) is 2.92. The van der Waals surface area contributed by atoms with Gasteiger partial charge in [0.1, 0.15) is 5.82 Å². The van der Waals surface area contributed by atoms with E-state index in [1.807, 2.05) is 24.3 Å². The number of imide groups is 1. The molecule has 3 aromatic rings. The van der Waals surface area contributed by atoms with Gasteiger partial charge in [-0.05, 0) is 60.2 Å². The summed E-state index contributed by atoms with van der Waals surface area (Å²) in [5.74, 6) is -1.18. The molecule has 0 saturated carbocycles. The summed E-state index contributed by atoms with van der Waals surface area (Å²) in [4.78, 5) is 37.3. The van der Waals surface area contributed by atoms with Crippen LogP contribution in [-0.2, 0) is 6.54 Å². The van der Waals surface area contributed by atoms with Crippen LogP contribution in [0.1, 0.15) is 26.3 Å². The molecule has 3 aromatic carbocycles. The molecule has 150 valence electrons. The number of benzene rings is 3. The van der Waals surface area contributed by atoms with E-state index in [4.69, 9.17) is 0 Å². The summed E-state index contributed by atoms with van der Waals surface area (Å²) < 4.78 is 13.0. The highest BCUT2D eigenvalue weighted by Gasteiger charge is 2.26. The van der Waals surface area contributed by atoms with Crippen molar-refractivity contribution in [3.63, 3.8) is 0 Å². The van der Waals surface area contributed by atoms with Crippen LogP contribution in [0.4, 0.5) is 14.9 Å². The highest BCUT2D eigenvalue weighted by atomic mass is 32.2. The average molecular weight is 421 g/mol. The zero-order chi connectivity index (χ0) is 21.1. The van der Waals surface area contributed by atoms with Crippen molar-refractivity contribution in [1.29, 1.82) is 0 Å². The highest BCUT2D eigenvalue weighted by Crippen LogP contribution is 2.27. The molecule has 4 amide bonds. The van der Waals surface area contributed by atoms with E-state index in [1.54, 1.807) is 18.2 Å². The summed E-state index contributed by atoms with van der Waals surface area (Å²) in [6.45, 7) is 0.317. The maximum absolute atomic E-state index is 13.0. The van der Waals surface area contributed by atoms with E-state index in [2.05, 4.69) is 16.0 Å². The molecule has 0 radical (unpaired) electrons. The number of carbonyl (C=O) groups is 3. The number of urea groups is 1. The molecule has 0 aromatic heterocycles. The third-order valence-electron chi connectivity index (χ3n) is 4.42. The van der Waals surface area contributed by atoms with E-state index in [1.165, 1.54) is 36.0 Å². The van der Waals surface area contributed by atoms with Crippen LogP contribution in [0.15, 0.2) is 76.5 Å². The smallest absolute Gasteiger partial charge is 0.319 e. The van der Waals surface area contributed by atoms with Gasteiger partial charge >= 0.3 is 6.03 Å². The van der Waals surface area contributed by atoms with Gasteiger partial charge < -0.3 is 10.6 Å². The molecule has 0 bridgehead atoms. The Morgan fingerprint density at radius 3 is 2.20 bits per heavy atom. The lowest BCUT2D eigenvalue weighted by atomic mass is 10.1. The maximum atomic E-state index is 13.0. The van der Waals surface area contributed by atoms with Crippen molar-refractivity contribution in [3.05, 3.63) is 89.2 Å². The second-order valence-corrected chi connectivity index (χ2v) is 7.70. The summed E-state index contributed by atoms with van der Waals surface area (Å²) in [6.07, 6.45) is 0. The van der Waals surface area contributed by atoms with Gasteiger partial charge in [0.2, 0.25) is 0 Å². The molecule has 0 unspecified atom stereocenters. The summed E-state index contributed by atoms with van der Waals surface area (Å²) in [5.41, 5.74) is 1.87. The van der Waals surface area contributed by atoms with Crippen molar-refractivity contribution >= 4 is 35.3 Å². The number of anilines is 1. The Kier molecular flexibility index (Phi) is 5.49. The van der Waals surface area contributed by atoms with Crippen LogP contribution in [0, 0.1) is 5.82 Å². The fraction of sp³-hybridized carbons (Fsp3) is 0.0455. The van der Waals surface area contributed by atoms with E-state index in [9.17, 15) is 18.8 Å². The molecule has 0 saturated heterocycles. The van der Waals surface area contributed by atoms with Crippen molar-refractivity contribution in [2.45, 2.75) is 16.3 Å². The number of hydrogen-bond donors (Lipinski definition) is 3. The van der Waals surface area contributed by atoms with Crippen LogP contribution in [0.2, 0.25) is 0 Å². The minimum Gasteiger partial charge on any atom is -0.334 e. The molecular weight excluding hydrogens is 405 g/mol. The molecule has 1 aliphatic rings. The van der Waals surface area contributed by atoms with Crippen LogP contribution in [-0.4, -0.2) is 17.8 Å². The van der Waals surface area contributed by atoms with Crippen molar-refractivity contribution in [1.82, 2.24) is 10.6 Å². The second-order valence-electron chi connectivity index (χ2n) is 6.55. The molecule has 1 aliphatic heterocycles. The SMILES string of the molecule is O=C(NCc1ccc(Sc2ccc(F)cc2)cc1)Nc1ccc2c(c1)C(=O)NC2=O. The van der Waals surface area contributed by atoms with Crippen LogP contribution < -0.4 is 16.0 Å². The van der Waals surface area contributed by atoms with Gasteiger partial charge in [0.05, 0.1) is 11.1 Å². The van der Waals surface area contributed by atoms with Gasteiger partial charge in [-0.15, -0.1) is 0 Å². The molecule has 6 nitrogen and oxygen atoms in total. The molecule has 0 spiro atoms. The van der Waals surface area contributed by atoms with Gasteiger partial charge in [-0.1, -0.05) is 23.9 Å². The van der Waals surface area contributed by atoms with Gasteiger partial charge in [0.25, 0.3) is 11.8 Å². The predicted molar refractivity (Wildman–Crippen MR) is 111 cm³/mol. The number of rotatable bonds is 5. The average Bonchev–Trinajstić information content (AvgIpc) is 3.02. The maximum Gasteiger partial charge on any atom is 0.319 e. The summed E-state index contributed by atoms with van der Waals surface area (Å²) in [7, 11) is 0. The molecule has 0 aliphatic carbocycles. The Bertz CT molecular complexity index is 1130. The van der Waals surface area contributed by atoms with E-state index < -0.39 is 17.8 Å². The first-order valence-electron chi connectivity index (χ1n) is 9.05. The summed E-state index contributed by atoms with van der Waals surface area (Å²) in [5, 5.41) is 7.60. The first-order valence-corrected chi connectivity index (χ1v) is 9.86. The highest BCUT2D eigenvalue weighted by molar-refractivity contribution is 7.99. The molecule has 3 N–H and O–H groups in total. The van der Waals surface area contributed by atoms with Gasteiger partial charge in [-0.25, -0.2) is 9.18 Å². The first-order chi connectivity index (χ1) is 14.5. The minimum absolute atomic E-state index is 0.243. The van der Waals surface area contributed by atoms with E-state index in [0.717, 1.165) is 15.4 Å². The van der Waals surface area contributed by atoms with Crippen LogP contribution in [0.5, 0.6) is 0 Å². The first kappa shape index (κ1) is 19.7. The summed E-state index contributed by atoms with van der Waals surface area (Å²) >= 11 is 1.52. The number of hydrogen-bond acceptors (Lipinski definition) is 4. The van der Waals surface area contributed by atoms with Crippen molar-refractivity contribution in [3.8, 4) is 0 Å². The van der Waals surface area contributed by atoms with Gasteiger partial charge in [0, 0.05) is 22.0 Å². The lowest BCUT2D eigenvalue weighted by Gasteiger charge is -2.09. The Hall–Kier alpha value is -3.65. The Morgan fingerprint density at radius 2 is 1.50 bits per heavy atom. The minimum atomic E-state index is -0.474. The largest absolute Gasteiger partial charge is 0.334 e. The molecule has 1 heterocycles. The zero-order valence-electron chi connectivity index (χ0n) is 15.6. The molecule has 0 atom stereocenters. The van der Waals surface area contributed by atoms with E-state index in [0.29, 0.717) is 17.8 Å². The van der Waals surface area contributed by atoms with Gasteiger partial charge in [0.15, 0.2) is 0 Å². The fourth-order valence-corrected chi connectivity index (χ4v) is 3.73. The second kappa shape index (κ2) is 8.38. The van der Waals surface area contributed by atoms with Crippen LogP contribution >= 0.6 is 11.8 Å². The van der Waals surface area contributed by atoms with E-state index >= 15 is 0 Å². The summed E-state index contributed by atoms with van der Waals surface area (Å²) in [6, 6.07) is 18.1. The van der Waals surface area contributed by atoms with Crippen molar-refractivity contribution in [2.75, 3.05) is 5.32 Å². The molecule has 8 heteroatoms. The number of nitrogens with one attached hydrogen (secondary N) is 3. The monoisotopic (exact) mass is 421 g/mol. The van der Waals surface area contributed by atoms with Gasteiger partial charge in [-0.2, -0.15) is 0 Å². The standard InChI is InChI=1S/C22H16FN3O3S/c23-14-3-8-17(9-4-14)30-16-6-1-13(2-7-16)12-24-22(29)25-15-5-10-18-19(11-15)21(28)26-20(18)27/h1-11H,12H2,(H2,24,25,29)(H,26,27,28). The Balaban J connectivity index is 1.31. The molecular formula is C22H16FN3O3S. The lowest BCUT2D eigenvalue weighted by Crippen LogP contribution is -2.28. The van der Waals surface area contributed by atoms with Crippen molar-refractivity contribution < 1.29 is 18.8 Å².